The number of carbonyl (C=O) groups excluding carboxylic acids is 2. The van der Waals surface area contributed by atoms with E-state index < -0.39 is 23.0 Å². The SMILES string of the molecule is CCCCOc1c2n(cc(C(=O)NCc3ccc(F)cc3F)c1=O)C[C@H]1N(Cc3ccccc3)C[C@H](Cc3ccccc3)N1C2=O. The molecule has 2 atom stereocenters. The van der Waals surface area contributed by atoms with Crippen LogP contribution in [0.2, 0.25) is 0 Å². The van der Waals surface area contributed by atoms with Gasteiger partial charge in [0.25, 0.3) is 11.8 Å². The highest BCUT2D eigenvalue weighted by Crippen LogP contribution is 2.34. The van der Waals surface area contributed by atoms with Gasteiger partial charge in [0.05, 0.1) is 19.2 Å². The van der Waals surface area contributed by atoms with Crippen molar-refractivity contribution in [3.8, 4) is 5.75 Å². The fourth-order valence-corrected chi connectivity index (χ4v) is 6.29. The zero-order chi connectivity index (χ0) is 32.2. The number of halogens is 2. The van der Waals surface area contributed by atoms with E-state index in [1.165, 1.54) is 12.3 Å². The maximum Gasteiger partial charge on any atom is 0.276 e. The molecule has 2 aliphatic heterocycles. The molecule has 46 heavy (non-hydrogen) atoms. The summed E-state index contributed by atoms with van der Waals surface area (Å²) in [6, 6.07) is 23.0. The highest BCUT2D eigenvalue weighted by atomic mass is 19.1. The van der Waals surface area contributed by atoms with Gasteiger partial charge in [-0.05, 0) is 30.0 Å². The highest BCUT2D eigenvalue weighted by molar-refractivity contribution is 5.99. The highest BCUT2D eigenvalue weighted by Gasteiger charge is 2.47. The topological polar surface area (TPSA) is 83.9 Å². The summed E-state index contributed by atoms with van der Waals surface area (Å²) in [5.41, 5.74) is 1.49. The summed E-state index contributed by atoms with van der Waals surface area (Å²) in [5, 5.41) is 2.57. The Balaban J connectivity index is 1.36. The zero-order valence-corrected chi connectivity index (χ0v) is 25.6. The number of aromatic nitrogens is 1. The number of nitrogens with one attached hydrogen (secondary N) is 1. The fraction of sp³-hybridized carbons (Fsp3) is 0.306. The smallest absolute Gasteiger partial charge is 0.276 e. The summed E-state index contributed by atoms with van der Waals surface area (Å²) < 4.78 is 35.3. The number of benzene rings is 3. The molecular formula is C36H36F2N4O4. The molecule has 10 heteroatoms. The molecular weight excluding hydrogens is 590 g/mol. The van der Waals surface area contributed by atoms with Gasteiger partial charge in [-0.2, -0.15) is 0 Å². The van der Waals surface area contributed by atoms with Gasteiger partial charge in [-0.15, -0.1) is 0 Å². The van der Waals surface area contributed by atoms with Crippen molar-refractivity contribution in [1.82, 2.24) is 19.7 Å². The molecule has 0 saturated carbocycles. The number of hydrogen-bond donors (Lipinski definition) is 1. The number of rotatable bonds is 11. The maximum absolute atomic E-state index is 14.4. The third-order valence-electron chi connectivity index (χ3n) is 8.60. The summed E-state index contributed by atoms with van der Waals surface area (Å²) >= 11 is 0. The van der Waals surface area contributed by atoms with E-state index in [0.29, 0.717) is 32.5 Å². The van der Waals surface area contributed by atoms with Gasteiger partial charge in [0.15, 0.2) is 11.4 Å². The van der Waals surface area contributed by atoms with Crippen LogP contribution < -0.4 is 15.5 Å². The summed E-state index contributed by atoms with van der Waals surface area (Å²) in [6.07, 6.45) is 3.18. The van der Waals surface area contributed by atoms with E-state index in [4.69, 9.17) is 4.74 Å². The first-order valence-electron chi connectivity index (χ1n) is 15.6. The first-order chi connectivity index (χ1) is 22.3. The minimum Gasteiger partial charge on any atom is -0.487 e. The standard InChI is InChI=1S/C36H36F2N4O4/c1-2-3-16-46-34-32-36(45)42-28(17-24-10-6-4-7-11-24)21-40(20-25-12-8-5-9-13-25)31(42)23-41(32)22-29(33(34)43)35(44)39-19-26-14-15-27(37)18-30(26)38/h4-15,18,22,28,31H,2-3,16-17,19-21,23H2,1H3,(H,39,44)/t28-,31-/m0/s1. The molecule has 1 fully saturated rings. The lowest BCUT2D eigenvalue weighted by Gasteiger charge is -2.38. The molecule has 4 aromatic rings. The first kappa shape index (κ1) is 31.2. The Morgan fingerprint density at radius 3 is 2.37 bits per heavy atom. The normalized spacial score (nSPS) is 17.5. The first-order valence-corrected chi connectivity index (χ1v) is 15.6. The van der Waals surface area contributed by atoms with Gasteiger partial charge in [0, 0.05) is 37.5 Å². The number of carbonyl (C=O) groups is 2. The minimum absolute atomic E-state index is 0.0741. The van der Waals surface area contributed by atoms with Crippen molar-refractivity contribution in [2.45, 2.75) is 58.0 Å². The van der Waals surface area contributed by atoms with Crippen LogP contribution >= 0.6 is 0 Å². The average Bonchev–Trinajstić information content (AvgIpc) is 3.38. The summed E-state index contributed by atoms with van der Waals surface area (Å²) in [5.74, 6) is -2.75. The van der Waals surface area contributed by atoms with Crippen LogP contribution in [-0.4, -0.2) is 51.5 Å². The van der Waals surface area contributed by atoms with Gasteiger partial charge in [-0.3, -0.25) is 19.3 Å². The summed E-state index contributed by atoms with van der Waals surface area (Å²) in [6.45, 7) is 3.50. The zero-order valence-electron chi connectivity index (χ0n) is 25.6. The maximum atomic E-state index is 14.4. The van der Waals surface area contributed by atoms with Crippen molar-refractivity contribution in [2.24, 2.45) is 0 Å². The average molecular weight is 627 g/mol. The summed E-state index contributed by atoms with van der Waals surface area (Å²) in [7, 11) is 0. The number of hydrogen-bond acceptors (Lipinski definition) is 5. The van der Waals surface area contributed by atoms with Crippen LogP contribution in [0.5, 0.6) is 5.75 Å². The van der Waals surface area contributed by atoms with E-state index in [-0.39, 0.29) is 53.8 Å². The molecule has 2 amide bonds. The van der Waals surface area contributed by atoms with Gasteiger partial charge >= 0.3 is 0 Å². The van der Waals surface area contributed by atoms with Crippen LogP contribution in [0.4, 0.5) is 8.78 Å². The van der Waals surface area contributed by atoms with Crippen molar-refractivity contribution in [3.05, 3.63) is 135 Å². The molecule has 0 aliphatic carbocycles. The van der Waals surface area contributed by atoms with E-state index in [2.05, 4.69) is 22.3 Å². The molecule has 1 aromatic heterocycles. The quantitative estimate of drug-likeness (QED) is 0.233. The van der Waals surface area contributed by atoms with Gasteiger partial charge in [-0.1, -0.05) is 80.1 Å². The fourth-order valence-electron chi connectivity index (χ4n) is 6.29. The van der Waals surface area contributed by atoms with E-state index in [0.717, 1.165) is 29.7 Å². The molecule has 0 radical (unpaired) electrons. The van der Waals surface area contributed by atoms with Crippen LogP contribution in [-0.2, 0) is 26.1 Å². The second-order valence-corrected chi connectivity index (χ2v) is 11.8. The van der Waals surface area contributed by atoms with E-state index in [1.54, 1.807) is 4.57 Å². The van der Waals surface area contributed by atoms with Crippen molar-refractivity contribution < 1.29 is 23.1 Å². The van der Waals surface area contributed by atoms with Crippen molar-refractivity contribution in [1.29, 1.82) is 0 Å². The predicted molar refractivity (Wildman–Crippen MR) is 169 cm³/mol. The third-order valence-corrected chi connectivity index (χ3v) is 8.60. The molecule has 6 rings (SSSR count). The lowest BCUT2D eigenvalue weighted by molar-refractivity contribution is 0.0426. The number of amides is 2. The molecule has 2 aliphatic rings. The minimum atomic E-state index is -0.804. The molecule has 0 bridgehead atoms. The molecule has 8 nitrogen and oxygen atoms in total. The Kier molecular flexibility index (Phi) is 9.25. The lowest BCUT2D eigenvalue weighted by Crippen LogP contribution is -2.53. The van der Waals surface area contributed by atoms with Crippen LogP contribution in [0.25, 0.3) is 0 Å². The molecule has 1 N–H and O–H groups in total. The van der Waals surface area contributed by atoms with Gasteiger partial charge in [-0.25, -0.2) is 8.78 Å². The van der Waals surface area contributed by atoms with Crippen LogP contribution in [0, 0.1) is 11.6 Å². The van der Waals surface area contributed by atoms with Crippen molar-refractivity contribution >= 4 is 11.8 Å². The van der Waals surface area contributed by atoms with Gasteiger partial charge < -0.3 is 19.5 Å². The number of unbranched alkanes of at least 4 members (excludes halogenated alkanes) is 1. The Morgan fingerprint density at radius 1 is 0.957 bits per heavy atom. The summed E-state index contributed by atoms with van der Waals surface area (Å²) in [4.78, 5) is 45.8. The Bertz CT molecular complexity index is 1780. The number of nitrogens with zero attached hydrogens (tertiary/aromatic N) is 3. The van der Waals surface area contributed by atoms with Crippen LogP contribution in [0.15, 0.2) is 89.9 Å². The van der Waals surface area contributed by atoms with Gasteiger partial charge in [0.2, 0.25) is 5.43 Å². The lowest BCUT2D eigenvalue weighted by atomic mass is 10.0. The Morgan fingerprint density at radius 2 is 1.67 bits per heavy atom. The Hall–Kier alpha value is -4.83. The monoisotopic (exact) mass is 626 g/mol. The Labute approximate surface area is 266 Å². The second-order valence-electron chi connectivity index (χ2n) is 11.8. The number of fused-ring (bicyclic) bond motifs is 2. The second kappa shape index (κ2) is 13.7. The van der Waals surface area contributed by atoms with Gasteiger partial charge in [0.1, 0.15) is 23.4 Å². The number of ether oxygens (including phenoxy) is 1. The van der Waals surface area contributed by atoms with Crippen LogP contribution in [0.1, 0.15) is 57.3 Å². The van der Waals surface area contributed by atoms with Crippen LogP contribution in [0.3, 0.4) is 0 Å². The third kappa shape index (κ3) is 6.44. The van der Waals surface area contributed by atoms with Crippen molar-refractivity contribution in [2.75, 3.05) is 13.2 Å². The molecule has 0 unspecified atom stereocenters. The molecule has 3 heterocycles. The largest absolute Gasteiger partial charge is 0.487 e. The van der Waals surface area contributed by atoms with Crippen molar-refractivity contribution in [3.63, 3.8) is 0 Å². The van der Waals surface area contributed by atoms with E-state index in [1.807, 2.05) is 60.4 Å². The number of pyridine rings is 1. The van der Waals surface area contributed by atoms with E-state index in [9.17, 15) is 23.2 Å². The molecule has 3 aromatic carbocycles. The molecule has 238 valence electrons. The molecule has 0 spiro atoms. The van der Waals surface area contributed by atoms with E-state index >= 15 is 0 Å². The molecule has 1 saturated heterocycles. The predicted octanol–water partition coefficient (Wildman–Crippen LogP) is 5.14.